The lowest BCUT2D eigenvalue weighted by Crippen LogP contribution is -1.98. The summed E-state index contributed by atoms with van der Waals surface area (Å²) in [7, 11) is 0. The van der Waals surface area contributed by atoms with E-state index in [-0.39, 0.29) is 5.28 Å². The van der Waals surface area contributed by atoms with Gasteiger partial charge in [-0.15, -0.1) is 0 Å². The van der Waals surface area contributed by atoms with Gasteiger partial charge in [-0.2, -0.15) is 9.97 Å². The Balaban J connectivity index is 1.19. The molecule has 1 heterocycles. The predicted octanol–water partition coefficient (Wildman–Crippen LogP) is 10.7. The summed E-state index contributed by atoms with van der Waals surface area (Å²) in [6, 6.07) is 50.9. The minimum absolute atomic E-state index is 0.169. The van der Waals surface area contributed by atoms with E-state index in [0.29, 0.717) is 11.6 Å². The molecule has 7 aromatic carbocycles. The zero-order chi connectivity index (χ0) is 28.8. The molecule has 3 nitrogen and oxygen atoms in total. The lowest BCUT2D eigenvalue weighted by atomic mass is 9.95. The smallest absolute Gasteiger partial charge is 0.208 e. The highest BCUT2D eigenvalue weighted by Gasteiger charge is 2.15. The molecule has 0 fully saturated rings. The monoisotopic (exact) mass is 569 g/mol. The molecule has 0 radical (unpaired) electrons. The molecule has 8 rings (SSSR count). The quantitative estimate of drug-likeness (QED) is 0.211. The van der Waals surface area contributed by atoms with Gasteiger partial charge in [-0.25, -0.2) is 4.98 Å². The highest BCUT2D eigenvalue weighted by atomic mass is 35.5. The Labute approximate surface area is 254 Å². The number of hydrogen-bond acceptors (Lipinski definition) is 3. The average molecular weight is 570 g/mol. The third-order valence-corrected chi connectivity index (χ3v) is 8.21. The van der Waals surface area contributed by atoms with Gasteiger partial charge in [-0.1, -0.05) is 121 Å². The Morgan fingerprint density at radius 2 is 0.860 bits per heavy atom. The Morgan fingerprint density at radius 3 is 1.60 bits per heavy atom. The van der Waals surface area contributed by atoms with E-state index >= 15 is 0 Å². The van der Waals surface area contributed by atoms with Gasteiger partial charge in [0.15, 0.2) is 11.6 Å². The third-order valence-electron chi connectivity index (χ3n) is 8.04. The molecular weight excluding hydrogens is 546 g/mol. The van der Waals surface area contributed by atoms with E-state index in [9.17, 15) is 0 Å². The summed E-state index contributed by atoms with van der Waals surface area (Å²) >= 11 is 6.51. The second kappa shape index (κ2) is 10.5. The van der Waals surface area contributed by atoms with Crippen LogP contribution in [0.3, 0.4) is 0 Å². The number of fused-ring (bicyclic) bond motifs is 3. The summed E-state index contributed by atoms with van der Waals surface area (Å²) in [5.74, 6) is 1.10. The first-order valence-corrected chi connectivity index (χ1v) is 14.6. The molecule has 0 bridgehead atoms. The molecule has 0 atom stereocenters. The van der Waals surface area contributed by atoms with Crippen molar-refractivity contribution in [1.82, 2.24) is 15.0 Å². The van der Waals surface area contributed by atoms with Gasteiger partial charge < -0.3 is 0 Å². The molecule has 0 amide bonds. The molecule has 0 aliphatic heterocycles. The van der Waals surface area contributed by atoms with Crippen LogP contribution in [0.1, 0.15) is 0 Å². The fourth-order valence-corrected chi connectivity index (χ4v) is 6.06. The second-order valence-electron chi connectivity index (χ2n) is 10.7. The van der Waals surface area contributed by atoms with E-state index in [0.717, 1.165) is 38.2 Å². The standard InChI is InChI=1S/C39H24ClN3/c40-39-42-37(41-38(43-39)36-21-20-33(26-9-2-1-3-10-26)34-12-6-7-13-35(34)36)32-19-18-30-23-29(16-17-31(30)24-32)28-15-14-25-8-4-5-11-27(25)22-28/h1-24H. The molecule has 4 heteroatoms. The first-order chi connectivity index (χ1) is 21.2. The second-order valence-corrected chi connectivity index (χ2v) is 11.0. The summed E-state index contributed by atoms with van der Waals surface area (Å²) in [5.41, 5.74) is 6.52. The van der Waals surface area contributed by atoms with Gasteiger partial charge in [-0.05, 0) is 90.4 Å². The molecule has 0 spiro atoms. The lowest BCUT2D eigenvalue weighted by Gasteiger charge is -2.12. The van der Waals surface area contributed by atoms with Crippen LogP contribution in [0.25, 0.3) is 77.3 Å². The van der Waals surface area contributed by atoms with E-state index < -0.39 is 0 Å². The van der Waals surface area contributed by atoms with Gasteiger partial charge in [0.1, 0.15) is 0 Å². The summed E-state index contributed by atoms with van der Waals surface area (Å²) in [5, 5.41) is 7.11. The van der Waals surface area contributed by atoms with Gasteiger partial charge in [0.05, 0.1) is 0 Å². The van der Waals surface area contributed by atoms with Crippen LogP contribution in [0.5, 0.6) is 0 Å². The molecule has 202 valence electrons. The number of benzene rings is 7. The highest BCUT2D eigenvalue weighted by Crippen LogP contribution is 2.36. The van der Waals surface area contributed by atoms with Crippen molar-refractivity contribution in [3.05, 3.63) is 151 Å². The molecule has 0 aliphatic rings. The van der Waals surface area contributed by atoms with Gasteiger partial charge in [-0.3, -0.25) is 0 Å². The Hall–Kier alpha value is -5.38. The number of halogens is 1. The minimum atomic E-state index is 0.169. The molecule has 43 heavy (non-hydrogen) atoms. The maximum Gasteiger partial charge on any atom is 0.226 e. The number of aromatic nitrogens is 3. The minimum Gasteiger partial charge on any atom is -0.208 e. The predicted molar refractivity (Wildman–Crippen MR) is 179 cm³/mol. The van der Waals surface area contributed by atoms with E-state index in [1.807, 2.05) is 12.1 Å². The van der Waals surface area contributed by atoms with Crippen molar-refractivity contribution in [2.75, 3.05) is 0 Å². The van der Waals surface area contributed by atoms with Crippen LogP contribution in [-0.4, -0.2) is 15.0 Å². The van der Waals surface area contributed by atoms with Crippen molar-refractivity contribution in [3.63, 3.8) is 0 Å². The maximum atomic E-state index is 6.51. The Morgan fingerprint density at radius 1 is 0.349 bits per heavy atom. The molecule has 0 aliphatic carbocycles. The zero-order valence-corrected chi connectivity index (χ0v) is 23.8. The number of nitrogens with zero attached hydrogens (tertiary/aromatic N) is 3. The topological polar surface area (TPSA) is 38.7 Å². The Bertz CT molecular complexity index is 2310. The normalized spacial score (nSPS) is 11.4. The summed E-state index contributed by atoms with van der Waals surface area (Å²) in [6.45, 7) is 0. The lowest BCUT2D eigenvalue weighted by molar-refractivity contribution is 1.07. The van der Waals surface area contributed by atoms with E-state index in [1.165, 1.54) is 27.5 Å². The largest absolute Gasteiger partial charge is 0.226 e. The van der Waals surface area contributed by atoms with Crippen molar-refractivity contribution >= 4 is 43.9 Å². The molecular formula is C39H24ClN3. The summed E-state index contributed by atoms with van der Waals surface area (Å²) < 4.78 is 0. The molecule has 8 aromatic rings. The van der Waals surface area contributed by atoms with Crippen LogP contribution in [0.2, 0.25) is 5.28 Å². The highest BCUT2D eigenvalue weighted by molar-refractivity contribution is 6.28. The van der Waals surface area contributed by atoms with Crippen molar-refractivity contribution in [2.45, 2.75) is 0 Å². The van der Waals surface area contributed by atoms with Gasteiger partial charge in [0.2, 0.25) is 5.28 Å². The van der Waals surface area contributed by atoms with Crippen molar-refractivity contribution in [3.8, 4) is 45.0 Å². The molecule has 0 saturated heterocycles. The summed E-state index contributed by atoms with van der Waals surface area (Å²) in [4.78, 5) is 14.0. The van der Waals surface area contributed by atoms with E-state index in [4.69, 9.17) is 16.6 Å². The van der Waals surface area contributed by atoms with Gasteiger partial charge >= 0.3 is 0 Å². The van der Waals surface area contributed by atoms with Gasteiger partial charge in [0.25, 0.3) is 0 Å². The maximum absolute atomic E-state index is 6.51. The van der Waals surface area contributed by atoms with Crippen molar-refractivity contribution in [1.29, 1.82) is 0 Å². The van der Waals surface area contributed by atoms with Crippen LogP contribution in [0.15, 0.2) is 146 Å². The first kappa shape index (κ1) is 25.3. The zero-order valence-electron chi connectivity index (χ0n) is 23.1. The van der Waals surface area contributed by atoms with Crippen LogP contribution < -0.4 is 0 Å². The third kappa shape index (κ3) is 4.70. The number of hydrogen-bond donors (Lipinski definition) is 0. The van der Waals surface area contributed by atoms with Gasteiger partial charge in [0, 0.05) is 11.1 Å². The van der Waals surface area contributed by atoms with Crippen LogP contribution in [-0.2, 0) is 0 Å². The van der Waals surface area contributed by atoms with Crippen LogP contribution in [0.4, 0.5) is 0 Å². The fraction of sp³-hybridized carbons (Fsp3) is 0. The fourth-order valence-electron chi connectivity index (χ4n) is 5.90. The molecule has 0 N–H and O–H groups in total. The number of rotatable bonds is 4. The SMILES string of the molecule is Clc1nc(-c2ccc3cc(-c4ccc5ccccc5c4)ccc3c2)nc(-c2ccc(-c3ccccc3)c3ccccc23)n1. The van der Waals surface area contributed by atoms with Crippen LogP contribution in [0, 0.1) is 0 Å². The molecule has 0 unspecified atom stereocenters. The van der Waals surface area contributed by atoms with Crippen molar-refractivity contribution in [2.24, 2.45) is 0 Å². The molecule has 0 saturated carbocycles. The first-order valence-electron chi connectivity index (χ1n) is 14.2. The van der Waals surface area contributed by atoms with Crippen LogP contribution >= 0.6 is 11.6 Å². The Kier molecular flexibility index (Phi) is 6.17. The van der Waals surface area contributed by atoms with E-state index in [1.54, 1.807) is 0 Å². The average Bonchev–Trinajstić information content (AvgIpc) is 3.07. The molecule has 1 aromatic heterocycles. The van der Waals surface area contributed by atoms with E-state index in [2.05, 4.69) is 143 Å². The summed E-state index contributed by atoms with van der Waals surface area (Å²) in [6.07, 6.45) is 0. The van der Waals surface area contributed by atoms with Crippen molar-refractivity contribution < 1.29 is 0 Å².